The smallest absolute Gasteiger partial charge is 0.243 e. The predicted octanol–water partition coefficient (Wildman–Crippen LogP) is 2.60. The van der Waals surface area contributed by atoms with Crippen LogP contribution < -0.4 is 5.73 Å². The van der Waals surface area contributed by atoms with Gasteiger partial charge in [-0.2, -0.15) is 4.98 Å². The second kappa shape index (κ2) is 5.60. The van der Waals surface area contributed by atoms with Gasteiger partial charge in [-0.05, 0) is 11.8 Å². The highest BCUT2D eigenvalue weighted by atomic mass is 16.5. The molecule has 5 nitrogen and oxygen atoms in total. The normalized spacial score (nSPS) is 15.9. The maximum Gasteiger partial charge on any atom is 0.243 e. The van der Waals surface area contributed by atoms with Crippen LogP contribution in [0.15, 0.2) is 4.52 Å². The minimum absolute atomic E-state index is 0.0786. The average molecular weight is 241 g/mol. The van der Waals surface area contributed by atoms with Gasteiger partial charge < -0.3 is 15.0 Å². The molecule has 0 aliphatic carbocycles. The molecule has 0 saturated heterocycles. The summed E-state index contributed by atoms with van der Waals surface area (Å²) < 4.78 is 10.6. The molecule has 0 bridgehead atoms. The fourth-order valence-electron chi connectivity index (χ4n) is 1.79. The van der Waals surface area contributed by atoms with Gasteiger partial charge in [-0.1, -0.05) is 39.3 Å². The van der Waals surface area contributed by atoms with E-state index in [4.69, 9.17) is 15.0 Å². The van der Waals surface area contributed by atoms with Crippen molar-refractivity contribution in [2.75, 3.05) is 7.11 Å². The lowest BCUT2D eigenvalue weighted by Crippen LogP contribution is -2.21. The topological polar surface area (TPSA) is 74.2 Å². The molecule has 1 rings (SSSR count). The minimum Gasteiger partial charge on any atom is -0.373 e. The van der Waals surface area contributed by atoms with Crippen molar-refractivity contribution < 1.29 is 9.26 Å². The van der Waals surface area contributed by atoms with Crippen LogP contribution in [0.5, 0.6) is 0 Å². The first kappa shape index (κ1) is 14.1. The van der Waals surface area contributed by atoms with Crippen LogP contribution in [0.25, 0.3) is 0 Å². The molecule has 0 saturated carbocycles. The van der Waals surface area contributed by atoms with Crippen LogP contribution in [0, 0.1) is 5.41 Å². The van der Waals surface area contributed by atoms with Crippen molar-refractivity contribution in [2.45, 2.75) is 52.7 Å². The van der Waals surface area contributed by atoms with Gasteiger partial charge in [-0.25, -0.2) is 0 Å². The van der Waals surface area contributed by atoms with Crippen molar-refractivity contribution in [2.24, 2.45) is 11.1 Å². The fraction of sp³-hybridized carbons (Fsp3) is 0.833. The number of hydrogen-bond acceptors (Lipinski definition) is 5. The first-order valence-corrected chi connectivity index (χ1v) is 6.02. The number of hydrogen-bond donors (Lipinski definition) is 1. The molecule has 1 aromatic rings. The second-order valence-electron chi connectivity index (χ2n) is 5.37. The number of ether oxygens (including phenoxy) is 1. The van der Waals surface area contributed by atoms with Crippen LogP contribution in [0.2, 0.25) is 0 Å². The highest BCUT2D eigenvalue weighted by Gasteiger charge is 2.31. The Kier molecular flexibility index (Phi) is 4.65. The Morgan fingerprint density at radius 3 is 2.53 bits per heavy atom. The molecule has 5 heteroatoms. The predicted molar refractivity (Wildman–Crippen MR) is 65.3 cm³/mol. The lowest BCUT2D eigenvalue weighted by molar-refractivity contribution is 0.00718. The van der Waals surface area contributed by atoms with Crippen LogP contribution in [-0.2, 0) is 4.74 Å². The van der Waals surface area contributed by atoms with Gasteiger partial charge in [0.05, 0.1) is 6.04 Å². The van der Waals surface area contributed by atoms with Gasteiger partial charge in [0.25, 0.3) is 0 Å². The molecule has 2 N–H and O–H groups in total. The van der Waals surface area contributed by atoms with Crippen molar-refractivity contribution in [1.82, 2.24) is 10.1 Å². The molecule has 0 spiro atoms. The Bertz CT molecular complexity index is 344. The van der Waals surface area contributed by atoms with Crippen LogP contribution in [-0.4, -0.2) is 17.3 Å². The molecule has 98 valence electrons. The molecule has 1 heterocycles. The first-order chi connectivity index (χ1) is 7.90. The number of aromatic nitrogens is 2. The molecular weight excluding hydrogens is 218 g/mol. The van der Waals surface area contributed by atoms with E-state index in [0.29, 0.717) is 11.7 Å². The van der Waals surface area contributed by atoms with Crippen LogP contribution in [0.1, 0.15) is 64.4 Å². The Morgan fingerprint density at radius 2 is 2.06 bits per heavy atom. The van der Waals surface area contributed by atoms with Crippen molar-refractivity contribution >= 4 is 0 Å². The van der Waals surface area contributed by atoms with Gasteiger partial charge in [0, 0.05) is 7.11 Å². The molecule has 0 amide bonds. The zero-order valence-corrected chi connectivity index (χ0v) is 11.4. The minimum atomic E-state index is -0.186. The average Bonchev–Trinajstić information content (AvgIpc) is 2.66. The number of nitrogens with zero attached hydrogens (tertiary/aromatic N) is 2. The zero-order chi connectivity index (χ0) is 13.1. The van der Waals surface area contributed by atoms with Crippen LogP contribution >= 0.6 is 0 Å². The second-order valence-corrected chi connectivity index (χ2v) is 5.37. The van der Waals surface area contributed by atoms with E-state index in [1.54, 1.807) is 7.11 Å². The van der Waals surface area contributed by atoms with Crippen molar-refractivity contribution in [3.63, 3.8) is 0 Å². The molecule has 1 unspecified atom stereocenters. The summed E-state index contributed by atoms with van der Waals surface area (Å²) in [7, 11) is 1.65. The summed E-state index contributed by atoms with van der Waals surface area (Å²) in [6, 6.07) is -0.182. The van der Waals surface area contributed by atoms with Gasteiger partial charge in [0.15, 0.2) is 0 Å². The third kappa shape index (κ3) is 3.51. The van der Waals surface area contributed by atoms with E-state index >= 15 is 0 Å². The molecule has 0 aliphatic rings. The molecule has 0 aromatic carbocycles. The lowest BCUT2D eigenvalue weighted by atomic mass is 9.88. The van der Waals surface area contributed by atoms with E-state index < -0.39 is 0 Å². The summed E-state index contributed by atoms with van der Waals surface area (Å²) in [6.07, 6.45) is 1.65. The monoisotopic (exact) mass is 241 g/mol. The Hall–Kier alpha value is -0.940. The maximum atomic E-state index is 5.93. The van der Waals surface area contributed by atoms with E-state index in [1.165, 1.54) is 0 Å². The van der Waals surface area contributed by atoms with Crippen molar-refractivity contribution in [1.29, 1.82) is 0 Å². The molecule has 2 atom stereocenters. The van der Waals surface area contributed by atoms with Gasteiger partial charge in [-0.15, -0.1) is 0 Å². The largest absolute Gasteiger partial charge is 0.373 e. The van der Waals surface area contributed by atoms with E-state index in [2.05, 4.69) is 37.8 Å². The van der Waals surface area contributed by atoms with Crippen LogP contribution in [0.3, 0.4) is 0 Å². The molecule has 1 aromatic heterocycles. The standard InChI is InChI=1S/C12H23N3O2/c1-6-7-8(13)11-14-10(15-17-11)9(16-5)12(2,3)4/h8-9H,6-7,13H2,1-5H3/t8-,9?/m0/s1. The van der Waals surface area contributed by atoms with Crippen LogP contribution in [0.4, 0.5) is 0 Å². The maximum absolute atomic E-state index is 5.93. The summed E-state index contributed by atoms with van der Waals surface area (Å²) in [5.41, 5.74) is 5.85. The summed E-state index contributed by atoms with van der Waals surface area (Å²) in [5.74, 6) is 1.06. The molecule has 0 radical (unpaired) electrons. The fourth-order valence-corrected chi connectivity index (χ4v) is 1.79. The third-order valence-corrected chi connectivity index (χ3v) is 2.63. The summed E-state index contributed by atoms with van der Waals surface area (Å²) in [6.45, 7) is 8.29. The quantitative estimate of drug-likeness (QED) is 0.857. The van der Waals surface area contributed by atoms with Gasteiger partial charge >= 0.3 is 0 Å². The highest BCUT2D eigenvalue weighted by molar-refractivity contribution is 4.98. The number of methoxy groups -OCH3 is 1. The Balaban J connectivity index is 2.86. The number of nitrogens with two attached hydrogens (primary N) is 1. The summed E-state index contributed by atoms with van der Waals surface area (Å²) >= 11 is 0. The SMILES string of the molecule is CCC[C@H](N)c1nc(C(OC)C(C)(C)C)no1. The molecular formula is C12H23N3O2. The highest BCUT2D eigenvalue weighted by Crippen LogP contribution is 2.34. The summed E-state index contributed by atoms with van der Waals surface area (Å²) in [4.78, 5) is 4.34. The van der Waals surface area contributed by atoms with Gasteiger partial charge in [0.1, 0.15) is 6.10 Å². The van der Waals surface area contributed by atoms with E-state index in [-0.39, 0.29) is 17.6 Å². The number of rotatable bonds is 5. The lowest BCUT2D eigenvalue weighted by Gasteiger charge is -2.26. The van der Waals surface area contributed by atoms with Crippen molar-refractivity contribution in [3.8, 4) is 0 Å². The molecule has 17 heavy (non-hydrogen) atoms. The zero-order valence-electron chi connectivity index (χ0n) is 11.4. The third-order valence-electron chi connectivity index (χ3n) is 2.63. The molecule has 0 aliphatic heterocycles. The molecule has 0 fully saturated rings. The Morgan fingerprint density at radius 1 is 1.41 bits per heavy atom. The van der Waals surface area contributed by atoms with E-state index in [1.807, 2.05) is 0 Å². The van der Waals surface area contributed by atoms with E-state index in [9.17, 15) is 0 Å². The van der Waals surface area contributed by atoms with E-state index in [0.717, 1.165) is 12.8 Å². The Labute approximate surface area is 103 Å². The first-order valence-electron chi connectivity index (χ1n) is 6.02. The van der Waals surface area contributed by atoms with Gasteiger partial charge in [-0.3, -0.25) is 0 Å². The van der Waals surface area contributed by atoms with Crippen molar-refractivity contribution in [3.05, 3.63) is 11.7 Å². The summed E-state index contributed by atoms with van der Waals surface area (Å²) in [5, 5.41) is 3.97. The van der Waals surface area contributed by atoms with Gasteiger partial charge in [0.2, 0.25) is 11.7 Å².